The number of morpholine rings is 1. The van der Waals surface area contributed by atoms with E-state index in [1.165, 1.54) is 19.4 Å². The Bertz CT molecular complexity index is 1240. The van der Waals surface area contributed by atoms with Crippen LogP contribution >= 0.6 is 0 Å². The van der Waals surface area contributed by atoms with Crippen LogP contribution < -0.4 is 4.90 Å². The van der Waals surface area contributed by atoms with Crippen molar-refractivity contribution in [3.05, 3.63) is 54.9 Å². The second-order valence-corrected chi connectivity index (χ2v) is 8.91. The maximum Gasteiger partial charge on any atom is 0.160 e. The molecule has 0 N–H and O–H groups in total. The molecule has 2 saturated heterocycles. The van der Waals surface area contributed by atoms with Crippen molar-refractivity contribution in [2.24, 2.45) is 0 Å². The number of anilines is 1. The molecule has 0 aliphatic carbocycles. The molecule has 9 nitrogen and oxygen atoms in total. The summed E-state index contributed by atoms with van der Waals surface area (Å²) in [5, 5.41) is 4.89. The summed E-state index contributed by atoms with van der Waals surface area (Å²) in [6, 6.07) is 8.09. The summed E-state index contributed by atoms with van der Waals surface area (Å²) in [5.74, 6) is 2.35. The van der Waals surface area contributed by atoms with Gasteiger partial charge in [-0.3, -0.25) is 9.55 Å². The third-order valence-electron chi connectivity index (χ3n) is 6.62. The predicted octanol–water partition coefficient (Wildman–Crippen LogP) is 2.62. The first-order chi connectivity index (χ1) is 16.2. The number of rotatable bonds is 4. The number of likely N-dealkylation sites (N-methyl/N-ethyl adjacent to an activating group) is 1. The summed E-state index contributed by atoms with van der Waals surface area (Å²) >= 11 is 0. The molecule has 0 spiro atoms. The van der Waals surface area contributed by atoms with Crippen LogP contribution in [0.5, 0.6) is 0 Å². The highest BCUT2D eigenvalue weighted by molar-refractivity contribution is 5.66. The van der Waals surface area contributed by atoms with E-state index in [0.29, 0.717) is 19.1 Å². The molecule has 9 heteroatoms. The number of piperidine rings is 1. The van der Waals surface area contributed by atoms with Crippen LogP contribution in [0.25, 0.3) is 22.7 Å². The fourth-order valence-corrected chi connectivity index (χ4v) is 4.84. The lowest BCUT2D eigenvalue weighted by molar-refractivity contribution is 0.122. The third kappa shape index (κ3) is 3.98. The summed E-state index contributed by atoms with van der Waals surface area (Å²) in [6.07, 6.45) is 10.0. The number of aromatic nitrogens is 6. The minimum Gasteiger partial charge on any atom is -0.378 e. The van der Waals surface area contributed by atoms with Gasteiger partial charge in [-0.2, -0.15) is 9.61 Å². The fraction of sp³-hybridized carbons (Fsp3) is 0.417. The Labute approximate surface area is 192 Å². The number of fused-ring (bicyclic) bond motifs is 1. The zero-order valence-electron chi connectivity index (χ0n) is 18.8. The van der Waals surface area contributed by atoms with Crippen LogP contribution in [0.15, 0.2) is 49.2 Å². The minimum atomic E-state index is 0.473. The van der Waals surface area contributed by atoms with Crippen LogP contribution in [0.3, 0.4) is 0 Å². The summed E-state index contributed by atoms with van der Waals surface area (Å²) < 4.78 is 9.58. The highest BCUT2D eigenvalue weighted by Crippen LogP contribution is 2.28. The van der Waals surface area contributed by atoms with Crippen molar-refractivity contribution in [1.29, 1.82) is 0 Å². The zero-order valence-corrected chi connectivity index (χ0v) is 18.8. The molecule has 6 heterocycles. The Morgan fingerprint density at radius 1 is 1.06 bits per heavy atom. The smallest absolute Gasteiger partial charge is 0.160 e. The van der Waals surface area contributed by atoms with Gasteiger partial charge in [-0.05, 0) is 38.6 Å². The molecular formula is C24H28N8O. The normalized spacial score (nSPS) is 19.9. The lowest BCUT2D eigenvalue weighted by Gasteiger charge is -2.29. The van der Waals surface area contributed by atoms with Crippen LogP contribution in [-0.4, -0.2) is 80.5 Å². The molecule has 0 radical (unpaired) electrons. The number of likely N-dealkylation sites (tertiary alicyclic amines) is 1. The molecule has 2 aliphatic heterocycles. The van der Waals surface area contributed by atoms with Crippen molar-refractivity contribution in [2.75, 3.05) is 51.3 Å². The molecule has 4 aromatic rings. The molecule has 1 atom stereocenters. The van der Waals surface area contributed by atoms with E-state index in [1.807, 2.05) is 33.6 Å². The Morgan fingerprint density at radius 3 is 2.73 bits per heavy atom. The first kappa shape index (κ1) is 20.3. The van der Waals surface area contributed by atoms with Gasteiger partial charge >= 0.3 is 0 Å². The maximum absolute atomic E-state index is 5.59. The van der Waals surface area contributed by atoms with Gasteiger partial charge in [-0.15, -0.1) is 0 Å². The van der Waals surface area contributed by atoms with Gasteiger partial charge in [0.15, 0.2) is 5.65 Å². The molecule has 170 valence electrons. The summed E-state index contributed by atoms with van der Waals surface area (Å²) in [4.78, 5) is 18.6. The molecule has 6 rings (SSSR count). The largest absolute Gasteiger partial charge is 0.378 e. The van der Waals surface area contributed by atoms with Gasteiger partial charge in [0.05, 0.1) is 24.6 Å². The first-order valence-electron chi connectivity index (χ1n) is 11.6. The van der Waals surface area contributed by atoms with Gasteiger partial charge in [0.25, 0.3) is 0 Å². The van der Waals surface area contributed by atoms with Gasteiger partial charge in [-0.1, -0.05) is 0 Å². The third-order valence-corrected chi connectivity index (χ3v) is 6.62. The van der Waals surface area contributed by atoms with Crippen molar-refractivity contribution in [3.63, 3.8) is 0 Å². The van der Waals surface area contributed by atoms with E-state index in [0.717, 1.165) is 53.9 Å². The Hall–Kier alpha value is -3.30. The van der Waals surface area contributed by atoms with Crippen molar-refractivity contribution < 1.29 is 4.74 Å². The molecule has 0 aromatic carbocycles. The van der Waals surface area contributed by atoms with Crippen LogP contribution in [-0.2, 0) is 4.74 Å². The Balaban J connectivity index is 1.42. The number of nitrogens with zero attached hydrogens (tertiary/aromatic N) is 8. The lowest BCUT2D eigenvalue weighted by atomic mass is 9.96. The van der Waals surface area contributed by atoms with Crippen molar-refractivity contribution in [1.82, 2.24) is 34.0 Å². The minimum absolute atomic E-state index is 0.473. The van der Waals surface area contributed by atoms with E-state index in [2.05, 4.69) is 34.1 Å². The average molecular weight is 445 g/mol. The summed E-state index contributed by atoms with van der Waals surface area (Å²) in [6.45, 7) is 5.29. The second kappa shape index (κ2) is 8.57. The number of imidazole rings is 1. The van der Waals surface area contributed by atoms with Crippen LogP contribution in [0.4, 0.5) is 5.82 Å². The van der Waals surface area contributed by atoms with Gasteiger partial charge in [-0.25, -0.2) is 9.97 Å². The molecule has 0 amide bonds. The quantitative estimate of drug-likeness (QED) is 0.479. The topological polar surface area (TPSA) is 76.6 Å². The van der Waals surface area contributed by atoms with Crippen LogP contribution in [0.1, 0.15) is 24.5 Å². The highest BCUT2D eigenvalue weighted by Gasteiger charge is 2.22. The van der Waals surface area contributed by atoms with Gasteiger partial charge in [0.1, 0.15) is 18.0 Å². The summed E-state index contributed by atoms with van der Waals surface area (Å²) in [7, 11) is 2.19. The van der Waals surface area contributed by atoms with Gasteiger partial charge in [0, 0.05) is 61.8 Å². The summed E-state index contributed by atoms with van der Waals surface area (Å²) in [5.41, 5.74) is 3.86. The average Bonchev–Trinajstić information content (AvgIpc) is 3.52. The monoisotopic (exact) mass is 444 g/mol. The number of hydrogen-bond donors (Lipinski definition) is 0. The number of hydrogen-bond acceptors (Lipinski definition) is 7. The van der Waals surface area contributed by atoms with E-state index in [4.69, 9.17) is 19.8 Å². The second-order valence-electron chi connectivity index (χ2n) is 8.91. The molecule has 0 saturated carbocycles. The molecular weight excluding hydrogens is 416 g/mol. The fourth-order valence-electron chi connectivity index (χ4n) is 4.84. The van der Waals surface area contributed by atoms with Gasteiger partial charge < -0.3 is 14.5 Å². The number of pyridine rings is 1. The lowest BCUT2D eigenvalue weighted by Crippen LogP contribution is -2.37. The van der Waals surface area contributed by atoms with E-state index < -0.39 is 0 Å². The molecule has 0 bridgehead atoms. The van der Waals surface area contributed by atoms with Crippen LogP contribution in [0, 0.1) is 0 Å². The molecule has 4 aromatic heterocycles. The van der Waals surface area contributed by atoms with E-state index in [9.17, 15) is 0 Å². The van der Waals surface area contributed by atoms with E-state index in [-0.39, 0.29) is 0 Å². The molecule has 2 aliphatic rings. The highest BCUT2D eigenvalue weighted by atomic mass is 16.5. The van der Waals surface area contributed by atoms with Crippen molar-refractivity contribution in [3.8, 4) is 17.1 Å². The van der Waals surface area contributed by atoms with E-state index >= 15 is 0 Å². The number of ether oxygens (including phenoxy) is 1. The molecule has 33 heavy (non-hydrogen) atoms. The van der Waals surface area contributed by atoms with Crippen molar-refractivity contribution >= 4 is 11.5 Å². The maximum atomic E-state index is 5.59. The molecule has 1 unspecified atom stereocenters. The Morgan fingerprint density at radius 2 is 1.91 bits per heavy atom. The Kier molecular flexibility index (Phi) is 5.27. The zero-order chi connectivity index (χ0) is 22.2. The first-order valence-corrected chi connectivity index (χ1v) is 11.6. The molecule has 2 fully saturated rings. The van der Waals surface area contributed by atoms with Crippen LogP contribution in [0.2, 0.25) is 0 Å². The predicted molar refractivity (Wildman–Crippen MR) is 126 cm³/mol. The van der Waals surface area contributed by atoms with Gasteiger partial charge in [0.2, 0.25) is 0 Å². The SMILES string of the molecule is CN1CCCC(c2cn(-c3cc(N4CCOCC4)n4nc(-c5ccncc5)cc4n3)cn2)C1. The standard InChI is InChI=1S/C24H28N8O/c1-29-8-2-3-19(15-29)21-16-31(17-26-21)22-14-24(30-9-11-33-12-10-30)32-23(27-22)13-20(28-32)18-4-6-25-7-5-18/h4-7,13-14,16-17,19H,2-3,8-12,15H2,1H3. The van der Waals surface area contributed by atoms with Crippen molar-refractivity contribution in [2.45, 2.75) is 18.8 Å². The van der Waals surface area contributed by atoms with E-state index in [1.54, 1.807) is 12.4 Å².